The van der Waals surface area contributed by atoms with Crippen molar-refractivity contribution in [1.29, 1.82) is 0 Å². The molecule has 2 aliphatic heterocycles. The number of hydrogen-bond acceptors (Lipinski definition) is 9. The molecule has 0 N–H and O–H groups in total. The van der Waals surface area contributed by atoms with Gasteiger partial charge in [0.1, 0.15) is 5.78 Å². The Labute approximate surface area is 204 Å². The standard InChI is InChI=1S/C18H20N4O5S.C3H6S2/c1-2-4-14(23)5-3-10-28-15-11-16(24)22(17(15)25)27-18(26)12-6-8-13(9-7-12)20-21-19;1-2-4-5-3-1/h6-9,15H,2-5,10-11H2,1H3;1-3H2. The van der Waals surface area contributed by atoms with Crippen LogP contribution in [0.25, 0.3) is 10.4 Å². The molecular formula is C21H26N4O5S3. The number of hydrogen-bond donors (Lipinski definition) is 0. The average Bonchev–Trinajstić information content (AvgIpc) is 3.47. The molecule has 33 heavy (non-hydrogen) atoms. The van der Waals surface area contributed by atoms with Crippen LogP contribution in [-0.4, -0.2) is 51.1 Å². The molecule has 12 heteroatoms. The zero-order chi connectivity index (χ0) is 24.1. The van der Waals surface area contributed by atoms with Crippen molar-refractivity contribution in [3.8, 4) is 0 Å². The number of benzene rings is 1. The summed E-state index contributed by atoms with van der Waals surface area (Å²) in [4.78, 5) is 55.6. The minimum atomic E-state index is -0.856. The Kier molecular flexibility index (Phi) is 12.2. The predicted octanol–water partition coefficient (Wildman–Crippen LogP) is 5.48. The van der Waals surface area contributed by atoms with Crippen molar-refractivity contribution in [3.63, 3.8) is 0 Å². The third-order valence-corrected chi connectivity index (χ3v) is 8.36. The van der Waals surface area contributed by atoms with E-state index < -0.39 is 23.0 Å². The van der Waals surface area contributed by atoms with Crippen LogP contribution in [0.3, 0.4) is 0 Å². The Hall–Kier alpha value is -2.14. The molecule has 0 radical (unpaired) electrons. The molecule has 0 aromatic heterocycles. The first kappa shape index (κ1) is 27.1. The van der Waals surface area contributed by atoms with Gasteiger partial charge in [0.15, 0.2) is 0 Å². The van der Waals surface area contributed by atoms with Crippen molar-refractivity contribution in [2.75, 3.05) is 17.3 Å². The number of imide groups is 1. The lowest BCUT2D eigenvalue weighted by molar-refractivity contribution is -0.172. The maximum absolute atomic E-state index is 12.3. The molecule has 0 aliphatic carbocycles. The molecule has 2 heterocycles. The molecule has 2 saturated heterocycles. The quantitative estimate of drug-likeness (QED) is 0.101. The van der Waals surface area contributed by atoms with Crippen molar-refractivity contribution < 1.29 is 24.0 Å². The minimum absolute atomic E-state index is 0.0461. The van der Waals surface area contributed by atoms with Crippen molar-refractivity contribution in [2.24, 2.45) is 5.11 Å². The van der Waals surface area contributed by atoms with E-state index in [2.05, 4.69) is 10.0 Å². The van der Waals surface area contributed by atoms with E-state index in [1.807, 2.05) is 28.5 Å². The summed E-state index contributed by atoms with van der Waals surface area (Å²) in [6.45, 7) is 1.94. The number of rotatable bonds is 10. The summed E-state index contributed by atoms with van der Waals surface area (Å²) in [7, 11) is 3.98. The second-order valence-corrected chi connectivity index (χ2v) is 11.1. The summed E-state index contributed by atoms with van der Waals surface area (Å²) in [5.41, 5.74) is 8.80. The molecule has 2 fully saturated rings. The molecule has 178 valence electrons. The van der Waals surface area contributed by atoms with E-state index in [4.69, 9.17) is 10.4 Å². The fraction of sp³-hybridized carbons (Fsp3) is 0.524. The topological polar surface area (TPSA) is 130 Å². The van der Waals surface area contributed by atoms with Gasteiger partial charge in [-0.1, -0.05) is 45.8 Å². The number of azide groups is 1. The first-order chi connectivity index (χ1) is 16.0. The molecule has 3 rings (SSSR count). The first-order valence-electron chi connectivity index (χ1n) is 10.6. The molecule has 1 atom stereocenters. The monoisotopic (exact) mass is 510 g/mol. The van der Waals surface area contributed by atoms with E-state index in [0.29, 0.717) is 35.8 Å². The van der Waals surface area contributed by atoms with Gasteiger partial charge in [0.2, 0.25) is 0 Å². The van der Waals surface area contributed by atoms with Gasteiger partial charge >= 0.3 is 5.97 Å². The van der Waals surface area contributed by atoms with E-state index in [1.165, 1.54) is 54.0 Å². The molecule has 2 amide bonds. The molecule has 1 aromatic rings. The van der Waals surface area contributed by atoms with Gasteiger partial charge in [0.05, 0.1) is 17.2 Å². The smallest absolute Gasteiger partial charge is 0.325 e. The number of nitrogens with zero attached hydrogens (tertiary/aromatic N) is 4. The third-order valence-electron chi connectivity index (χ3n) is 4.49. The summed E-state index contributed by atoms with van der Waals surface area (Å²) in [5.74, 6) is 1.51. The number of Topliss-reactive ketones (excluding diaryl/α,β-unsaturated/α-hetero) is 1. The summed E-state index contributed by atoms with van der Waals surface area (Å²) in [6, 6.07) is 5.58. The van der Waals surface area contributed by atoms with Crippen LogP contribution in [0.1, 0.15) is 55.8 Å². The molecule has 1 aromatic carbocycles. The Morgan fingerprint density at radius 2 is 1.91 bits per heavy atom. The van der Waals surface area contributed by atoms with Gasteiger partial charge in [-0.2, -0.15) is 0 Å². The van der Waals surface area contributed by atoms with Gasteiger partial charge in [-0.05, 0) is 42.7 Å². The summed E-state index contributed by atoms with van der Waals surface area (Å²) in [5, 5.41) is 3.27. The van der Waals surface area contributed by atoms with E-state index >= 15 is 0 Å². The van der Waals surface area contributed by atoms with Crippen LogP contribution in [0, 0.1) is 0 Å². The molecule has 0 saturated carbocycles. The predicted molar refractivity (Wildman–Crippen MR) is 132 cm³/mol. The average molecular weight is 511 g/mol. The van der Waals surface area contributed by atoms with Gasteiger partial charge in [0, 0.05) is 34.9 Å². The van der Waals surface area contributed by atoms with E-state index in [0.717, 1.165) is 6.42 Å². The highest BCUT2D eigenvalue weighted by atomic mass is 33.1. The zero-order valence-electron chi connectivity index (χ0n) is 18.3. The van der Waals surface area contributed by atoms with E-state index in [1.54, 1.807) is 0 Å². The summed E-state index contributed by atoms with van der Waals surface area (Å²) in [6.07, 6.45) is 3.85. The van der Waals surface area contributed by atoms with Crippen molar-refractivity contribution >= 4 is 62.6 Å². The number of hydroxylamine groups is 2. The Balaban J connectivity index is 0.000000678. The highest BCUT2D eigenvalue weighted by Crippen LogP contribution is 2.29. The molecule has 1 unspecified atom stereocenters. The third kappa shape index (κ3) is 9.32. The van der Waals surface area contributed by atoms with Crippen molar-refractivity contribution in [3.05, 3.63) is 40.3 Å². The Morgan fingerprint density at radius 1 is 1.21 bits per heavy atom. The largest absolute Gasteiger partial charge is 0.363 e. The number of thioether (sulfide) groups is 1. The molecule has 9 nitrogen and oxygen atoms in total. The fourth-order valence-corrected chi connectivity index (χ4v) is 6.30. The van der Waals surface area contributed by atoms with Gasteiger partial charge in [-0.15, -0.1) is 16.8 Å². The zero-order valence-corrected chi connectivity index (χ0v) is 20.8. The van der Waals surface area contributed by atoms with Gasteiger partial charge in [-0.25, -0.2) is 4.79 Å². The second kappa shape index (κ2) is 14.9. The lowest BCUT2D eigenvalue weighted by Gasteiger charge is -2.13. The van der Waals surface area contributed by atoms with Gasteiger partial charge in [-0.3, -0.25) is 14.4 Å². The summed E-state index contributed by atoms with van der Waals surface area (Å²) < 4.78 is 0. The lowest BCUT2D eigenvalue weighted by Crippen LogP contribution is -2.34. The van der Waals surface area contributed by atoms with Crippen molar-refractivity contribution in [1.82, 2.24) is 5.06 Å². The van der Waals surface area contributed by atoms with Crippen LogP contribution in [0.4, 0.5) is 5.69 Å². The number of carbonyl (C=O) groups is 4. The highest BCUT2D eigenvalue weighted by Gasteiger charge is 2.42. The van der Waals surface area contributed by atoms with Gasteiger partial charge in [0.25, 0.3) is 11.8 Å². The van der Waals surface area contributed by atoms with Crippen LogP contribution in [-0.2, 0) is 19.2 Å². The van der Waals surface area contributed by atoms with E-state index in [-0.39, 0.29) is 17.8 Å². The number of ketones is 1. The fourth-order valence-electron chi connectivity index (χ4n) is 2.85. The maximum Gasteiger partial charge on any atom is 0.363 e. The van der Waals surface area contributed by atoms with E-state index in [9.17, 15) is 19.2 Å². The van der Waals surface area contributed by atoms with Crippen LogP contribution in [0.15, 0.2) is 29.4 Å². The van der Waals surface area contributed by atoms with Gasteiger partial charge < -0.3 is 4.84 Å². The van der Waals surface area contributed by atoms with Crippen LogP contribution in [0.5, 0.6) is 0 Å². The Morgan fingerprint density at radius 3 is 2.48 bits per heavy atom. The summed E-state index contributed by atoms with van der Waals surface area (Å²) >= 11 is 1.29. The SMILES string of the molecule is C1CSSC1.CCCC(=O)CCCSC1CC(=O)N(OC(=O)c2ccc(N=[N+]=[N-])cc2)C1=O. The van der Waals surface area contributed by atoms with Crippen LogP contribution >= 0.6 is 33.3 Å². The second-order valence-electron chi connectivity index (χ2n) is 7.09. The lowest BCUT2D eigenvalue weighted by atomic mass is 10.1. The first-order valence-corrected chi connectivity index (χ1v) is 14.1. The highest BCUT2D eigenvalue weighted by molar-refractivity contribution is 8.77. The molecule has 0 bridgehead atoms. The molecule has 2 aliphatic rings. The number of carbonyl (C=O) groups excluding carboxylic acids is 4. The van der Waals surface area contributed by atoms with Crippen molar-refractivity contribution in [2.45, 2.75) is 50.7 Å². The maximum atomic E-state index is 12.3. The normalized spacial score (nSPS) is 17.2. The van der Waals surface area contributed by atoms with Crippen LogP contribution in [0.2, 0.25) is 0 Å². The van der Waals surface area contributed by atoms with Crippen LogP contribution < -0.4 is 0 Å². The minimum Gasteiger partial charge on any atom is -0.325 e. The number of amides is 2. The molecule has 0 spiro atoms. The Bertz CT molecular complexity index is 879. The molecular weight excluding hydrogens is 484 g/mol.